The van der Waals surface area contributed by atoms with E-state index in [1.165, 1.54) is 64.2 Å². The molecule has 0 saturated heterocycles. The average Bonchev–Trinajstić information content (AvgIpc) is 2.92. The summed E-state index contributed by atoms with van der Waals surface area (Å²) >= 11 is 0. The minimum Gasteiger partial charge on any atom is -0.463 e. The minimum atomic E-state index is -1.03. The summed E-state index contributed by atoms with van der Waals surface area (Å²) in [7, 11) is 0. The smallest absolute Gasteiger partial charge is 0.305 e. The highest BCUT2D eigenvalue weighted by Crippen LogP contribution is 2.10. The van der Waals surface area contributed by atoms with Crippen LogP contribution in [0.15, 0.2) is 36.5 Å². The van der Waals surface area contributed by atoms with Crippen molar-refractivity contribution >= 4 is 11.9 Å². The normalized spacial score (nSPS) is 13.4. The molecule has 39 heavy (non-hydrogen) atoms. The number of allylic oxidation sites excluding steroid dienone is 5. The summed E-state index contributed by atoms with van der Waals surface area (Å²) in [5.41, 5.74) is 0. The predicted octanol–water partition coefficient (Wildman–Crippen LogP) is 7.91. The molecule has 6 nitrogen and oxygen atoms in total. The molecule has 6 heteroatoms. The molecule has 0 aromatic heterocycles. The van der Waals surface area contributed by atoms with Gasteiger partial charge in [0, 0.05) is 12.8 Å². The number of hydrogen-bond donors (Lipinski definition) is 2. The van der Waals surface area contributed by atoms with Gasteiger partial charge in [-0.1, -0.05) is 121 Å². The fourth-order valence-corrected chi connectivity index (χ4v) is 4.03. The summed E-state index contributed by atoms with van der Waals surface area (Å²) < 4.78 is 10.1. The van der Waals surface area contributed by atoms with Crippen LogP contribution >= 0.6 is 0 Å². The summed E-state index contributed by atoms with van der Waals surface area (Å²) in [5.74, 6) is -0.766. The molecule has 0 heterocycles. The van der Waals surface area contributed by atoms with Gasteiger partial charge in [-0.3, -0.25) is 9.59 Å². The fraction of sp³-hybridized carbons (Fsp3) is 0.758. The first-order valence-corrected chi connectivity index (χ1v) is 15.6. The topological polar surface area (TPSA) is 93.1 Å². The fourth-order valence-electron chi connectivity index (χ4n) is 4.03. The highest BCUT2D eigenvalue weighted by molar-refractivity contribution is 5.69. The standard InChI is InChI=1S/C33H58O6/c1-3-5-7-9-11-12-13-14-15-16-18-19-21-24-30(34)25-23-27-33(37)39-29-31(35)28-38-32(36)26-22-20-17-10-8-6-4-2/h14-15,18-19,21,24,30-31,34-35H,3-13,16-17,20,22-23,25-29H2,1-2H3/b15-14+,19-18+,24-21+/t30?,31-/m0/s1. The van der Waals surface area contributed by atoms with E-state index in [9.17, 15) is 19.8 Å². The first-order valence-electron chi connectivity index (χ1n) is 15.6. The third kappa shape index (κ3) is 28.9. The van der Waals surface area contributed by atoms with Gasteiger partial charge in [-0.05, 0) is 38.5 Å². The number of rotatable bonds is 27. The Bertz CT molecular complexity index is 655. The van der Waals surface area contributed by atoms with Gasteiger partial charge in [0.05, 0.1) is 6.10 Å². The Labute approximate surface area is 238 Å². The van der Waals surface area contributed by atoms with Crippen LogP contribution in [0.5, 0.6) is 0 Å². The maximum Gasteiger partial charge on any atom is 0.305 e. The minimum absolute atomic E-state index is 0.162. The molecule has 0 aromatic rings. The van der Waals surface area contributed by atoms with Gasteiger partial charge >= 0.3 is 11.9 Å². The maximum absolute atomic E-state index is 11.9. The van der Waals surface area contributed by atoms with Crippen LogP contribution in [0.1, 0.15) is 136 Å². The van der Waals surface area contributed by atoms with Gasteiger partial charge in [0.15, 0.2) is 0 Å². The van der Waals surface area contributed by atoms with Gasteiger partial charge in [-0.2, -0.15) is 0 Å². The molecule has 0 amide bonds. The van der Waals surface area contributed by atoms with Crippen LogP contribution in [0.4, 0.5) is 0 Å². The second-order valence-corrected chi connectivity index (χ2v) is 10.4. The zero-order valence-corrected chi connectivity index (χ0v) is 25.0. The van der Waals surface area contributed by atoms with E-state index in [2.05, 4.69) is 32.1 Å². The Morgan fingerprint density at radius 1 is 0.641 bits per heavy atom. The van der Waals surface area contributed by atoms with Gasteiger partial charge < -0.3 is 19.7 Å². The van der Waals surface area contributed by atoms with Crippen LogP contribution in [0.3, 0.4) is 0 Å². The lowest BCUT2D eigenvalue weighted by Gasteiger charge is -2.12. The quantitative estimate of drug-likeness (QED) is 0.0467. The second kappa shape index (κ2) is 29.1. The molecule has 0 radical (unpaired) electrons. The van der Waals surface area contributed by atoms with Crippen LogP contribution in [0.2, 0.25) is 0 Å². The van der Waals surface area contributed by atoms with Crippen LogP contribution in [-0.2, 0) is 19.1 Å². The monoisotopic (exact) mass is 550 g/mol. The van der Waals surface area contributed by atoms with Gasteiger partial charge in [0.2, 0.25) is 0 Å². The van der Waals surface area contributed by atoms with Gasteiger partial charge in [0.1, 0.15) is 19.3 Å². The lowest BCUT2D eigenvalue weighted by Crippen LogP contribution is -2.25. The molecule has 0 aliphatic rings. The van der Waals surface area contributed by atoms with Crippen LogP contribution in [0.25, 0.3) is 0 Å². The summed E-state index contributed by atoms with van der Waals surface area (Å²) in [4.78, 5) is 23.6. The molecule has 2 atom stereocenters. The lowest BCUT2D eigenvalue weighted by molar-refractivity contribution is -0.152. The molecule has 2 N–H and O–H groups in total. The van der Waals surface area contributed by atoms with E-state index in [-0.39, 0.29) is 25.6 Å². The van der Waals surface area contributed by atoms with Crippen molar-refractivity contribution in [1.82, 2.24) is 0 Å². The lowest BCUT2D eigenvalue weighted by atomic mass is 10.1. The van der Waals surface area contributed by atoms with Gasteiger partial charge in [-0.15, -0.1) is 0 Å². The molecule has 0 rings (SSSR count). The number of unbranched alkanes of at least 4 members (excludes halogenated alkanes) is 12. The van der Waals surface area contributed by atoms with E-state index in [0.29, 0.717) is 19.3 Å². The van der Waals surface area contributed by atoms with Crippen molar-refractivity contribution < 1.29 is 29.3 Å². The number of aliphatic hydroxyl groups is 2. The van der Waals surface area contributed by atoms with E-state index in [4.69, 9.17) is 9.47 Å². The van der Waals surface area contributed by atoms with E-state index in [1.54, 1.807) is 6.08 Å². The Balaban J connectivity index is 3.70. The van der Waals surface area contributed by atoms with E-state index < -0.39 is 18.2 Å². The van der Waals surface area contributed by atoms with Crippen LogP contribution < -0.4 is 0 Å². The maximum atomic E-state index is 11.9. The van der Waals surface area contributed by atoms with Crippen molar-refractivity contribution in [3.05, 3.63) is 36.5 Å². The number of ether oxygens (including phenoxy) is 2. The summed E-state index contributed by atoms with van der Waals surface area (Å²) in [6, 6.07) is 0. The number of aliphatic hydroxyl groups excluding tert-OH is 2. The summed E-state index contributed by atoms with van der Waals surface area (Å²) in [6.45, 7) is 4.05. The van der Waals surface area contributed by atoms with E-state index in [0.717, 1.165) is 32.1 Å². The molecular formula is C33H58O6. The van der Waals surface area contributed by atoms with Crippen molar-refractivity contribution in [2.45, 2.75) is 148 Å². The molecule has 0 spiro atoms. The number of carbonyl (C=O) groups excluding carboxylic acids is 2. The van der Waals surface area contributed by atoms with Gasteiger partial charge in [-0.25, -0.2) is 0 Å². The summed E-state index contributed by atoms with van der Waals surface area (Å²) in [6.07, 6.45) is 29.6. The van der Waals surface area contributed by atoms with Gasteiger partial charge in [0.25, 0.3) is 0 Å². The molecule has 0 aliphatic heterocycles. The third-order valence-corrected chi connectivity index (χ3v) is 6.48. The van der Waals surface area contributed by atoms with E-state index in [1.807, 2.05) is 12.2 Å². The molecule has 0 bridgehead atoms. The number of carbonyl (C=O) groups is 2. The molecular weight excluding hydrogens is 492 g/mol. The van der Waals surface area contributed by atoms with E-state index >= 15 is 0 Å². The Kier molecular flexibility index (Phi) is 27.6. The summed E-state index contributed by atoms with van der Waals surface area (Å²) in [5, 5.41) is 19.9. The third-order valence-electron chi connectivity index (χ3n) is 6.48. The van der Waals surface area contributed by atoms with Crippen molar-refractivity contribution in [3.63, 3.8) is 0 Å². The highest BCUT2D eigenvalue weighted by Gasteiger charge is 2.12. The van der Waals surface area contributed by atoms with Crippen LogP contribution in [0, 0.1) is 0 Å². The second-order valence-electron chi connectivity index (χ2n) is 10.4. The Hall–Kier alpha value is -1.92. The van der Waals surface area contributed by atoms with Crippen molar-refractivity contribution in [3.8, 4) is 0 Å². The van der Waals surface area contributed by atoms with Crippen molar-refractivity contribution in [2.75, 3.05) is 13.2 Å². The Morgan fingerprint density at radius 2 is 1.18 bits per heavy atom. The SMILES string of the molecule is CCCCCCCC/C=C/C/C=C/C=C/C(O)CCCC(=O)OC[C@@H](O)COC(=O)CCCCCCCCC. The predicted molar refractivity (Wildman–Crippen MR) is 160 cm³/mol. The van der Waals surface area contributed by atoms with Crippen molar-refractivity contribution in [2.24, 2.45) is 0 Å². The molecule has 0 fully saturated rings. The molecule has 0 aliphatic carbocycles. The first-order chi connectivity index (χ1) is 19.0. The molecule has 0 aromatic carbocycles. The first kappa shape index (κ1) is 37.1. The zero-order valence-electron chi connectivity index (χ0n) is 25.0. The van der Waals surface area contributed by atoms with Crippen LogP contribution in [-0.4, -0.2) is 47.6 Å². The number of esters is 2. The zero-order chi connectivity index (χ0) is 28.8. The molecule has 1 unspecified atom stereocenters. The molecule has 226 valence electrons. The van der Waals surface area contributed by atoms with Crippen molar-refractivity contribution in [1.29, 1.82) is 0 Å². The average molecular weight is 551 g/mol. The Morgan fingerprint density at radius 3 is 1.79 bits per heavy atom. The largest absolute Gasteiger partial charge is 0.463 e. The number of hydrogen-bond acceptors (Lipinski definition) is 6. The molecule has 0 saturated carbocycles. The highest BCUT2D eigenvalue weighted by atomic mass is 16.6.